The van der Waals surface area contributed by atoms with Gasteiger partial charge in [-0.1, -0.05) is 65.8 Å². The van der Waals surface area contributed by atoms with Crippen LogP contribution in [0.15, 0.2) is 48.5 Å². The fourth-order valence-electron chi connectivity index (χ4n) is 2.87. The van der Waals surface area contributed by atoms with E-state index in [1.54, 1.807) is 24.3 Å². The van der Waals surface area contributed by atoms with Gasteiger partial charge >= 0.3 is 11.9 Å². The van der Waals surface area contributed by atoms with Crippen LogP contribution in [-0.4, -0.2) is 38.4 Å². The van der Waals surface area contributed by atoms with Crippen molar-refractivity contribution >= 4 is 11.9 Å². The average Bonchev–Trinajstić information content (AvgIpc) is 2.71. The van der Waals surface area contributed by atoms with Gasteiger partial charge in [0, 0.05) is 0 Å². The normalized spacial score (nSPS) is 11.8. The van der Waals surface area contributed by atoms with Crippen molar-refractivity contribution in [2.75, 3.05) is 26.4 Å². The van der Waals surface area contributed by atoms with E-state index in [1.165, 1.54) is 0 Å². The molecule has 0 radical (unpaired) electrons. The van der Waals surface area contributed by atoms with Crippen LogP contribution in [0, 0.1) is 0 Å². The SMILES string of the molecule is CC(C)(C)c1ccc(C(=O)OCCOCCOC(=O)c2ccc(C(C)(C)C)cc2)cc1. The Kier molecular flexibility index (Phi) is 8.40. The molecule has 31 heavy (non-hydrogen) atoms. The van der Waals surface area contributed by atoms with Crippen molar-refractivity contribution < 1.29 is 23.8 Å². The Hall–Kier alpha value is -2.66. The first-order valence-corrected chi connectivity index (χ1v) is 10.6. The molecule has 5 heteroatoms. The molecule has 0 N–H and O–H groups in total. The molecule has 0 aliphatic rings. The minimum atomic E-state index is -0.380. The van der Waals surface area contributed by atoms with Crippen LogP contribution in [0.4, 0.5) is 0 Å². The summed E-state index contributed by atoms with van der Waals surface area (Å²) in [6, 6.07) is 14.9. The largest absolute Gasteiger partial charge is 0.460 e. The van der Waals surface area contributed by atoms with Gasteiger partial charge in [-0.15, -0.1) is 0 Å². The highest BCUT2D eigenvalue weighted by atomic mass is 16.6. The molecule has 0 saturated carbocycles. The van der Waals surface area contributed by atoms with Gasteiger partial charge in [0.25, 0.3) is 0 Å². The third kappa shape index (κ3) is 7.83. The number of carbonyl (C=O) groups is 2. The molecule has 168 valence electrons. The van der Waals surface area contributed by atoms with E-state index in [9.17, 15) is 9.59 Å². The smallest absolute Gasteiger partial charge is 0.338 e. The zero-order chi connectivity index (χ0) is 23.1. The Morgan fingerprint density at radius 1 is 0.581 bits per heavy atom. The molecule has 0 aliphatic carbocycles. The van der Waals surface area contributed by atoms with Gasteiger partial charge in [0.2, 0.25) is 0 Å². The molecule has 0 fully saturated rings. The second-order valence-electron chi connectivity index (χ2n) is 9.54. The highest BCUT2D eigenvalue weighted by molar-refractivity contribution is 5.89. The molecule has 0 aliphatic heterocycles. The molecule has 2 aromatic rings. The summed E-state index contributed by atoms with van der Waals surface area (Å²) >= 11 is 0. The van der Waals surface area contributed by atoms with Crippen molar-refractivity contribution in [1.29, 1.82) is 0 Å². The van der Waals surface area contributed by atoms with Crippen molar-refractivity contribution in [3.8, 4) is 0 Å². The zero-order valence-electron chi connectivity index (χ0n) is 19.5. The summed E-state index contributed by atoms with van der Waals surface area (Å²) in [7, 11) is 0. The second kappa shape index (κ2) is 10.6. The van der Waals surface area contributed by atoms with Gasteiger partial charge in [0.1, 0.15) is 13.2 Å². The van der Waals surface area contributed by atoms with E-state index in [-0.39, 0.29) is 49.2 Å². The highest BCUT2D eigenvalue weighted by Crippen LogP contribution is 2.23. The fraction of sp³-hybridized carbons (Fsp3) is 0.462. The lowest BCUT2D eigenvalue weighted by atomic mass is 9.87. The molecule has 0 unspecified atom stereocenters. The summed E-state index contributed by atoms with van der Waals surface area (Å²) in [6.45, 7) is 13.5. The summed E-state index contributed by atoms with van der Waals surface area (Å²) < 4.78 is 15.8. The number of benzene rings is 2. The van der Waals surface area contributed by atoms with Crippen molar-refractivity contribution in [1.82, 2.24) is 0 Å². The lowest BCUT2D eigenvalue weighted by Crippen LogP contribution is -2.15. The van der Waals surface area contributed by atoms with E-state index in [4.69, 9.17) is 14.2 Å². The van der Waals surface area contributed by atoms with E-state index >= 15 is 0 Å². The molecule has 0 saturated heterocycles. The van der Waals surface area contributed by atoms with Gasteiger partial charge in [-0.25, -0.2) is 9.59 Å². The van der Waals surface area contributed by atoms with Crippen molar-refractivity contribution in [3.05, 3.63) is 70.8 Å². The predicted octanol–water partition coefficient (Wildman–Crippen LogP) is 5.31. The lowest BCUT2D eigenvalue weighted by Gasteiger charge is -2.19. The van der Waals surface area contributed by atoms with Gasteiger partial charge in [0.15, 0.2) is 0 Å². The Balaban J connectivity index is 1.63. The van der Waals surface area contributed by atoms with Gasteiger partial charge < -0.3 is 14.2 Å². The summed E-state index contributed by atoms with van der Waals surface area (Å²) in [5.41, 5.74) is 3.42. The standard InChI is InChI=1S/C26H34O5/c1-25(2,3)21-11-7-19(8-12-21)23(27)30-17-15-29-16-18-31-24(28)20-9-13-22(14-10-20)26(4,5)6/h7-14H,15-18H2,1-6H3. The molecule has 0 spiro atoms. The van der Waals surface area contributed by atoms with Crippen LogP contribution in [0.3, 0.4) is 0 Å². The van der Waals surface area contributed by atoms with Crippen molar-refractivity contribution in [2.45, 2.75) is 52.4 Å². The molecule has 0 atom stereocenters. The Bertz CT molecular complexity index is 779. The van der Waals surface area contributed by atoms with Crippen LogP contribution in [0.1, 0.15) is 73.4 Å². The van der Waals surface area contributed by atoms with E-state index < -0.39 is 0 Å². The molecular weight excluding hydrogens is 392 g/mol. The zero-order valence-corrected chi connectivity index (χ0v) is 19.5. The number of carbonyl (C=O) groups excluding carboxylic acids is 2. The number of hydrogen-bond acceptors (Lipinski definition) is 5. The molecule has 0 aromatic heterocycles. The molecule has 0 heterocycles. The number of esters is 2. The van der Waals surface area contributed by atoms with Crippen LogP contribution in [0.25, 0.3) is 0 Å². The summed E-state index contributed by atoms with van der Waals surface area (Å²) in [4.78, 5) is 24.2. The van der Waals surface area contributed by atoms with Crippen LogP contribution < -0.4 is 0 Å². The number of rotatable bonds is 8. The number of hydrogen-bond donors (Lipinski definition) is 0. The van der Waals surface area contributed by atoms with Crippen LogP contribution in [0.2, 0.25) is 0 Å². The fourth-order valence-corrected chi connectivity index (χ4v) is 2.87. The maximum Gasteiger partial charge on any atom is 0.338 e. The first kappa shape index (κ1) is 24.6. The van der Waals surface area contributed by atoms with E-state index in [2.05, 4.69) is 41.5 Å². The summed E-state index contributed by atoms with van der Waals surface area (Å²) in [6.07, 6.45) is 0. The van der Waals surface area contributed by atoms with Crippen LogP contribution in [0.5, 0.6) is 0 Å². The molecule has 2 aromatic carbocycles. The number of ether oxygens (including phenoxy) is 3. The van der Waals surface area contributed by atoms with Gasteiger partial charge in [-0.3, -0.25) is 0 Å². The third-order valence-electron chi connectivity index (χ3n) is 4.89. The maximum atomic E-state index is 12.1. The van der Waals surface area contributed by atoms with E-state index in [0.717, 1.165) is 11.1 Å². The van der Waals surface area contributed by atoms with Gasteiger partial charge in [-0.05, 0) is 46.2 Å². The molecular formula is C26H34O5. The Morgan fingerprint density at radius 2 is 0.903 bits per heavy atom. The summed E-state index contributed by atoms with van der Waals surface area (Å²) in [5, 5.41) is 0. The van der Waals surface area contributed by atoms with E-state index in [1.807, 2.05) is 24.3 Å². The minimum absolute atomic E-state index is 0.0373. The second-order valence-corrected chi connectivity index (χ2v) is 9.54. The highest BCUT2D eigenvalue weighted by Gasteiger charge is 2.16. The minimum Gasteiger partial charge on any atom is -0.460 e. The molecule has 0 amide bonds. The summed E-state index contributed by atoms with van der Waals surface area (Å²) in [5.74, 6) is -0.761. The quantitative estimate of drug-likeness (QED) is 0.423. The van der Waals surface area contributed by atoms with Crippen LogP contribution in [-0.2, 0) is 25.0 Å². The Labute approximate surface area is 185 Å². The first-order chi connectivity index (χ1) is 14.5. The molecule has 0 bridgehead atoms. The van der Waals surface area contributed by atoms with Crippen molar-refractivity contribution in [3.63, 3.8) is 0 Å². The van der Waals surface area contributed by atoms with Crippen molar-refractivity contribution in [2.24, 2.45) is 0 Å². The van der Waals surface area contributed by atoms with Gasteiger partial charge in [0.05, 0.1) is 24.3 Å². The first-order valence-electron chi connectivity index (χ1n) is 10.6. The maximum absolute atomic E-state index is 12.1. The van der Waals surface area contributed by atoms with E-state index in [0.29, 0.717) is 11.1 Å². The molecule has 2 rings (SSSR count). The Morgan fingerprint density at radius 3 is 1.19 bits per heavy atom. The molecule has 5 nitrogen and oxygen atoms in total. The lowest BCUT2D eigenvalue weighted by molar-refractivity contribution is 0.0151. The monoisotopic (exact) mass is 426 g/mol. The van der Waals surface area contributed by atoms with Gasteiger partial charge in [-0.2, -0.15) is 0 Å². The van der Waals surface area contributed by atoms with Crippen LogP contribution >= 0.6 is 0 Å². The topological polar surface area (TPSA) is 61.8 Å². The average molecular weight is 427 g/mol. The third-order valence-corrected chi connectivity index (χ3v) is 4.89. The predicted molar refractivity (Wildman–Crippen MR) is 122 cm³/mol.